The van der Waals surface area contributed by atoms with Gasteiger partial charge in [0.05, 0.1) is 7.05 Å². The number of aliphatic hydroxyl groups is 1. The molecule has 2 atom stereocenters. The van der Waals surface area contributed by atoms with Gasteiger partial charge < -0.3 is 22.8 Å². The number of benzene rings is 1. The molecule has 15 heavy (non-hydrogen) atoms. The maximum absolute atomic E-state index is 10.5. The van der Waals surface area contributed by atoms with Gasteiger partial charge in [-0.1, -0.05) is 37.3 Å². The molecular weight excluding hydrogens is 210 g/mol. The van der Waals surface area contributed by atoms with Gasteiger partial charge in [-0.25, -0.2) is 0 Å². The van der Waals surface area contributed by atoms with Crippen LogP contribution in [0.25, 0.3) is 0 Å². The van der Waals surface area contributed by atoms with E-state index in [0.717, 1.165) is 12.0 Å². The Kier molecular flexibility index (Phi) is 5.88. The van der Waals surface area contributed by atoms with Gasteiger partial charge in [0.25, 0.3) is 0 Å². The summed E-state index contributed by atoms with van der Waals surface area (Å²) in [5.74, 6) is 0. The minimum atomic E-state index is -0.712. The minimum absolute atomic E-state index is 0. The molecule has 3 heteroatoms. The monoisotopic (exact) mass is 229 g/mol. The van der Waals surface area contributed by atoms with E-state index in [2.05, 4.69) is 12.2 Å². The summed E-state index contributed by atoms with van der Waals surface area (Å²) in [5.41, 5.74) is 0.295. The van der Waals surface area contributed by atoms with E-state index >= 15 is 0 Å². The largest absolute Gasteiger partial charge is 1.00 e. The van der Waals surface area contributed by atoms with Gasteiger partial charge in [0, 0.05) is 0 Å². The Labute approximate surface area is 98.1 Å². The normalized spacial score (nSPS) is 16.3. The van der Waals surface area contributed by atoms with E-state index in [9.17, 15) is 5.11 Å². The van der Waals surface area contributed by atoms with E-state index in [0.29, 0.717) is 0 Å². The van der Waals surface area contributed by atoms with Crippen LogP contribution in [0, 0.1) is 0 Å². The number of hydrogen-bond acceptors (Lipinski definition) is 1. The zero-order valence-electron chi connectivity index (χ0n) is 9.57. The number of rotatable bonds is 4. The Balaban J connectivity index is 0.00000196. The molecule has 0 saturated carbocycles. The molecule has 0 heterocycles. The molecule has 1 aromatic rings. The summed E-state index contributed by atoms with van der Waals surface area (Å²) in [4.78, 5) is 0. The van der Waals surface area contributed by atoms with Gasteiger partial charge in [0.1, 0.15) is 11.6 Å². The lowest BCUT2D eigenvalue weighted by Gasteiger charge is -2.30. The number of hydrogen-bond donors (Lipinski definition) is 2. The zero-order valence-corrected chi connectivity index (χ0v) is 10.3. The van der Waals surface area contributed by atoms with Crippen molar-refractivity contribution in [2.75, 3.05) is 7.05 Å². The van der Waals surface area contributed by atoms with E-state index < -0.39 is 5.60 Å². The molecule has 0 radical (unpaired) electrons. The molecule has 0 aliphatic heterocycles. The fraction of sp³-hybridized carbons (Fsp3) is 0.500. The Bertz CT molecular complexity index is 278. The van der Waals surface area contributed by atoms with Crippen molar-refractivity contribution in [3.63, 3.8) is 0 Å². The van der Waals surface area contributed by atoms with Crippen molar-refractivity contribution < 1.29 is 22.8 Å². The first-order chi connectivity index (χ1) is 6.65. The van der Waals surface area contributed by atoms with Crippen molar-refractivity contribution in [1.29, 1.82) is 0 Å². The molecule has 0 aromatic heterocycles. The van der Waals surface area contributed by atoms with E-state index in [4.69, 9.17) is 0 Å². The van der Waals surface area contributed by atoms with Gasteiger partial charge in [-0.2, -0.15) is 0 Å². The molecule has 0 saturated heterocycles. The predicted octanol–water partition coefficient (Wildman–Crippen LogP) is -2.13. The molecule has 0 fully saturated rings. The maximum Gasteiger partial charge on any atom is 0.140 e. The zero-order chi connectivity index (χ0) is 10.6. The number of quaternary nitrogens is 1. The van der Waals surface area contributed by atoms with Gasteiger partial charge in [-0.05, 0) is 18.9 Å². The lowest BCUT2D eigenvalue weighted by atomic mass is 9.85. The van der Waals surface area contributed by atoms with Crippen LogP contribution in [0.3, 0.4) is 0 Å². The third-order valence-corrected chi connectivity index (χ3v) is 3.07. The summed E-state index contributed by atoms with van der Waals surface area (Å²) in [6.45, 7) is 4.07. The average Bonchev–Trinajstić information content (AvgIpc) is 2.28. The van der Waals surface area contributed by atoms with E-state index in [1.807, 2.05) is 44.3 Å². The highest BCUT2D eigenvalue weighted by atomic mass is 35.5. The summed E-state index contributed by atoms with van der Waals surface area (Å²) < 4.78 is 0. The molecule has 0 amide bonds. The topological polar surface area (TPSA) is 36.8 Å². The van der Waals surface area contributed by atoms with Crippen LogP contribution >= 0.6 is 0 Å². The maximum atomic E-state index is 10.5. The van der Waals surface area contributed by atoms with Crippen LogP contribution in [0.5, 0.6) is 0 Å². The van der Waals surface area contributed by atoms with Gasteiger partial charge in [0.2, 0.25) is 0 Å². The van der Waals surface area contributed by atoms with Crippen molar-refractivity contribution in [3.8, 4) is 0 Å². The second-order valence-electron chi connectivity index (χ2n) is 3.77. The number of halogens is 1. The molecule has 1 rings (SSSR count). The highest BCUT2D eigenvalue weighted by molar-refractivity contribution is 5.23. The third kappa shape index (κ3) is 2.94. The van der Waals surface area contributed by atoms with Gasteiger partial charge in [-0.15, -0.1) is 0 Å². The SMILES string of the molecule is CCC(O)(c1ccccc1)C(C)[NH2+]C.[Cl-]. The third-order valence-electron chi connectivity index (χ3n) is 3.07. The molecular formula is C12H20ClNO. The van der Waals surface area contributed by atoms with Crippen LogP contribution in [-0.4, -0.2) is 18.2 Å². The summed E-state index contributed by atoms with van der Waals surface area (Å²) in [6.07, 6.45) is 0.739. The summed E-state index contributed by atoms with van der Waals surface area (Å²) in [6, 6.07) is 10.1. The first-order valence-corrected chi connectivity index (χ1v) is 5.22. The van der Waals surface area contributed by atoms with Crippen LogP contribution in [-0.2, 0) is 5.60 Å². The summed E-state index contributed by atoms with van der Waals surface area (Å²) >= 11 is 0. The van der Waals surface area contributed by atoms with Crippen molar-refractivity contribution in [1.82, 2.24) is 0 Å². The molecule has 2 nitrogen and oxygen atoms in total. The number of nitrogens with two attached hydrogens (primary N) is 1. The van der Waals surface area contributed by atoms with E-state index in [1.54, 1.807) is 0 Å². The molecule has 0 spiro atoms. The molecule has 0 bridgehead atoms. The first kappa shape index (κ1) is 14.4. The fourth-order valence-corrected chi connectivity index (χ4v) is 1.79. The van der Waals surface area contributed by atoms with Crippen molar-refractivity contribution >= 4 is 0 Å². The van der Waals surface area contributed by atoms with Crippen LogP contribution in [0.15, 0.2) is 30.3 Å². The second-order valence-corrected chi connectivity index (χ2v) is 3.77. The van der Waals surface area contributed by atoms with Crippen molar-refractivity contribution in [2.24, 2.45) is 0 Å². The molecule has 3 N–H and O–H groups in total. The van der Waals surface area contributed by atoms with Crippen LogP contribution < -0.4 is 17.7 Å². The quantitative estimate of drug-likeness (QED) is 0.608. The molecule has 86 valence electrons. The molecule has 2 unspecified atom stereocenters. The Morgan fingerprint density at radius 3 is 2.27 bits per heavy atom. The summed E-state index contributed by atoms with van der Waals surface area (Å²) in [7, 11) is 1.99. The molecule has 0 aliphatic carbocycles. The van der Waals surface area contributed by atoms with Crippen molar-refractivity contribution in [2.45, 2.75) is 31.9 Å². The van der Waals surface area contributed by atoms with Crippen molar-refractivity contribution in [3.05, 3.63) is 35.9 Å². The van der Waals surface area contributed by atoms with Crippen LogP contribution in [0.2, 0.25) is 0 Å². The highest BCUT2D eigenvalue weighted by Crippen LogP contribution is 2.26. The van der Waals surface area contributed by atoms with E-state index in [1.165, 1.54) is 0 Å². The number of likely N-dealkylation sites (N-methyl/N-ethyl adjacent to an activating group) is 1. The van der Waals surface area contributed by atoms with Crippen LogP contribution in [0.1, 0.15) is 25.8 Å². The van der Waals surface area contributed by atoms with Gasteiger partial charge >= 0.3 is 0 Å². The lowest BCUT2D eigenvalue weighted by Crippen LogP contribution is -3.00. The predicted molar refractivity (Wildman–Crippen MR) is 57.9 cm³/mol. The van der Waals surface area contributed by atoms with Gasteiger partial charge in [0.15, 0.2) is 0 Å². The average molecular weight is 230 g/mol. The van der Waals surface area contributed by atoms with Gasteiger partial charge in [-0.3, -0.25) is 0 Å². The highest BCUT2D eigenvalue weighted by Gasteiger charge is 2.35. The lowest BCUT2D eigenvalue weighted by molar-refractivity contribution is -0.677. The smallest absolute Gasteiger partial charge is 0.140 e. The standard InChI is InChI=1S/C12H19NO.ClH/c1-4-12(14,10(2)13-3)11-8-6-5-7-9-11;/h5-10,13-14H,4H2,1-3H3;1H. The molecule has 0 aliphatic rings. The fourth-order valence-electron chi connectivity index (χ4n) is 1.79. The Hall–Kier alpha value is -0.570. The Morgan fingerprint density at radius 1 is 1.33 bits per heavy atom. The Morgan fingerprint density at radius 2 is 1.87 bits per heavy atom. The second kappa shape index (κ2) is 6.11. The first-order valence-electron chi connectivity index (χ1n) is 5.22. The summed E-state index contributed by atoms with van der Waals surface area (Å²) in [5, 5.41) is 12.6. The molecule has 1 aromatic carbocycles. The minimum Gasteiger partial charge on any atom is -1.00 e. The van der Waals surface area contributed by atoms with E-state index in [-0.39, 0.29) is 18.4 Å². The van der Waals surface area contributed by atoms with Crippen LogP contribution in [0.4, 0.5) is 0 Å².